The molecule has 2 heterocycles. The first-order chi connectivity index (χ1) is 9.06. The molecule has 1 fully saturated rings. The Hall–Kier alpha value is -1.27. The van der Waals surface area contributed by atoms with E-state index in [0.29, 0.717) is 18.9 Å². The molecule has 5 heteroatoms. The third-order valence-corrected chi connectivity index (χ3v) is 4.13. The molecule has 0 aromatic heterocycles. The van der Waals surface area contributed by atoms with Gasteiger partial charge in [-0.2, -0.15) is 0 Å². The van der Waals surface area contributed by atoms with Gasteiger partial charge in [-0.25, -0.2) is 9.29 Å². The van der Waals surface area contributed by atoms with Crippen LogP contribution in [0.5, 0.6) is 0 Å². The van der Waals surface area contributed by atoms with Crippen LogP contribution in [0.3, 0.4) is 0 Å². The Morgan fingerprint density at radius 3 is 2.42 bits per heavy atom. The molecular weight excluding hydrogens is 247 g/mol. The van der Waals surface area contributed by atoms with Gasteiger partial charge >= 0.3 is 0 Å². The van der Waals surface area contributed by atoms with Crippen LogP contribution < -0.4 is 4.65 Å². The highest BCUT2D eigenvalue weighted by Gasteiger charge is 2.51. The number of hydroxylamine groups is 2. The van der Waals surface area contributed by atoms with Crippen LogP contribution >= 0.6 is 0 Å². The van der Waals surface area contributed by atoms with Crippen molar-refractivity contribution in [3.05, 3.63) is 47.6 Å². The number of ether oxygens (including phenoxy) is 1. The van der Waals surface area contributed by atoms with Crippen LogP contribution in [0, 0.1) is 11.0 Å². The maximum atomic E-state index is 13.1. The zero-order chi connectivity index (χ0) is 13.5. The van der Waals surface area contributed by atoms with E-state index in [1.807, 2.05) is 13.0 Å². The number of hydrogen-bond acceptors (Lipinski definition) is 3. The fourth-order valence-electron chi connectivity index (χ4n) is 2.77. The number of morpholine rings is 1. The number of halogens is 1. The predicted octanol–water partition coefficient (Wildman–Crippen LogP) is 2.21. The Balaban J connectivity index is 1.91. The first kappa shape index (κ1) is 12.7. The largest absolute Gasteiger partial charge is 0.621 e. The molecule has 0 bridgehead atoms. The fraction of sp³-hybridized carbons (Fsp3) is 0.429. The highest BCUT2D eigenvalue weighted by Crippen LogP contribution is 2.43. The van der Waals surface area contributed by atoms with Crippen LogP contribution in [0.15, 0.2) is 36.5 Å². The van der Waals surface area contributed by atoms with Gasteiger partial charge in [0.2, 0.25) is 0 Å². The van der Waals surface area contributed by atoms with Gasteiger partial charge in [0.1, 0.15) is 17.7 Å². The molecule has 0 amide bonds. The van der Waals surface area contributed by atoms with Gasteiger partial charge in [-0.15, -0.1) is 0 Å². The van der Waals surface area contributed by atoms with Crippen molar-refractivity contribution in [3.63, 3.8) is 0 Å². The van der Waals surface area contributed by atoms with Gasteiger partial charge in [0.05, 0.1) is 13.2 Å². The molecule has 4 nitrogen and oxygen atoms in total. The minimum Gasteiger partial charge on any atom is -0.621 e. The number of benzene rings is 1. The van der Waals surface area contributed by atoms with Crippen LogP contribution in [0.1, 0.15) is 6.92 Å². The Kier molecular flexibility index (Phi) is 2.94. The van der Waals surface area contributed by atoms with E-state index in [4.69, 9.17) is 4.74 Å². The average molecular weight is 264 g/mol. The van der Waals surface area contributed by atoms with Gasteiger partial charge in [0.25, 0.3) is 0 Å². The molecule has 3 rings (SSSR count). The summed E-state index contributed by atoms with van der Waals surface area (Å²) in [4.78, 5) is 2.13. The van der Waals surface area contributed by atoms with E-state index < -0.39 is 10.3 Å². The molecule has 2 atom stereocenters. The molecule has 0 radical (unpaired) electrons. The van der Waals surface area contributed by atoms with E-state index in [0.717, 1.165) is 13.1 Å². The summed E-state index contributed by atoms with van der Waals surface area (Å²) in [7, 11) is 0. The van der Waals surface area contributed by atoms with E-state index in [2.05, 4.69) is 4.90 Å². The van der Waals surface area contributed by atoms with Crippen molar-refractivity contribution in [2.24, 2.45) is 0 Å². The van der Waals surface area contributed by atoms with E-state index in [1.165, 1.54) is 12.1 Å². The molecule has 2 aliphatic heterocycles. The minimum atomic E-state index is -0.623. The fourth-order valence-corrected chi connectivity index (χ4v) is 2.77. The summed E-state index contributed by atoms with van der Waals surface area (Å²) in [6.45, 7) is 4.70. The summed E-state index contributed by atoms with van der Waals surface area (Å²) < 4.78 is 17.8. The zero-order valence-electron chi connectivity index (χ0n) is 10.9. The second kappa shape index (κ2) is 4.38. The van der Waals surface area contributed by atoms with E-state index in [-0.39, 0.29) is 5.82 Å². The summed E-state index contributed by atoms with van der Waals surface area (Å²) in [5, 5.41) is 13.1. The van der Waals surface area contributed by atoms with Crippen molar-refractivity contribution in [1.82, 2.24) is 9.55 Å². The second-order valence-electron chi connectivity index (χ2n) is 5.14. The van der Waals surface area contributed by atoms with Crippen LogP contribution in [0.4, 0.5) is 10.1 Å². The molecule has 0 aliphatic carbocycles. The summed E-state index contributed by atoms with van der Waals surface area (Å²) >= 11 is 0. The van der Waals surface area contributed by atoms with Gasteiger partial charge in [-0.05, 0) is 12.1 Å². The van der Waals surface area contributed by atoms with Crippen molar-refractivity contribution in [2.75, 3.05) is 26.3 Å². The Labute approximate surface area is 111 Å². The Morgan fingerprint density at radius 2 is 1.89 bits per heavy atom. The molecule has 19 heavy (non-hydrogen) atoms. The van der Waals surface area contributed by atoms with Crippen molar-refractivity contribution in [3.8, 4) is 0 Å². The van der Waals surface area contributed by atoms with Crippen molar-refractivity contribution in [2.45, 2.75) is 12.6 Å². The first-order valence-electron chi connectivity index (χ1n) is 6.45. The van der Waals surface area contributed by atoms with Crippen molar-refractivity contribution in [1.29, 1.82) is 0 Å². The van der Waals surface area contributed by atoms with Crippen LogP contribution in [-0.2, 0) is 4.74 Å². The van der Waals surface area contributed by atoms with E-state index in [9.17, 15) is 9.60 Å². The quantitative estimate of drug-likeness (QED) is 0.607. The molecule has 2 aliphatic rings. The van der Waals surface area contributed by atoms with Crippen LogP contribution in [0.2, 0.25) is 0 Å². The third kappa shape index (κ3) is 1.81. The molecule has 1 aromatic rings. The number of quaternary nitrogens is 1. The molecule has 0 N–H and O–H groups in total. The smallest absolute Gasteiger partial charge is 0.186 e. The standard InChI is InChI=1S/C14H17FN2O2/c1-14(16-7-10-19-11-8-16)6-9-17(14,18)13-4-2-12(15)3-5-13/h2-6,9H,7-8,10-11H2,1H3. The lowest BCUT2D eigenvalue weighted by Gasteiger charge is -2.60. The second-order valence-corrected chi connectivity index (χ2v) is 5.14. The predicted molar refractivity (Wildman–Crippen MR) is 71.5 cm³/mol. The Morgan fingerprint density at radius 1 is 1.26 bits per heavy atom. The number of rotatable bonds is 2. The summed E-state index contributed by atoms with van der Waals surface area (Å²) in [5.74, 6) is -0.326. The first-order valence-corrected chi connectivity index (χ1v) is 6.45. The Bertz CT molecular complexity index is 499. The average Bonchev–Trinajstić information content (AvgIpc) is 2.46. The zero-order valence-corrected chi connectivity index (χ0v) is 10.9. The molecule has 0 saturated carbocycles. The molecule has 1 saturated heterocycles. The maximum absolute atomic E-state index is 13.1. The van der Waals surface area contributed by atoms with Gasteiger partial charge in [0, 0.05) is 38.2 Å². The number of hydrogen-bond donors (Lipinski definition) is 0. The summed E-state index contributed by atoms with van der Waals surface area (Å²) in [5.41, 5.74) is -0.0698. The van der Waals surface area contributed by atoms with E-state index >= 15 is 0 Å². The lowest BCUT2D eigenvalue weighted by atomic mass is 9.99. The van der Waals surface area contributed by atoms with Crippen LogP contribution in [0.25, 0.3) is 0 Å². The maximum Gasteiger partial charge on any atom is 0.186 e. The third-order valence-electron chi connectivity index (χ3n) is 4.13. The van der Waals surface area contributed by atoms with Gasteiger partial charge < -0.3 is 9.94 Å². The summed E-state index contributed by atoms with van der Waals surface area (Å²) in [6.07, 6.45) is 3.54. The van der Waals surface area contributed by atoms with Crippen molar-refractivity contribution >= 4 is 5.69 Å². The van der Waals surface area contributed by atoms with Gasteiger partial charge in [-0.1, -0.05) is 0 Å². The highest BCUT2D eigenvalue weighted by molar-refractivity contribution is 5.54. The molecule has 2 unspecified atom stereocenters. The molecule has 0 spiro atoms. The van der Waals surface area contributed by atoms with Gasteiger partial charge in [0.15, 0.2) is 5.66 Å². The van der Waals surface area contributed by atoms with Crippen LogP contribution in [-0.4, -0.2) is 36.9 Å². The molecular formula is C14H17FN2O2. The SMILES string of the molecule is CC1(N2CCOCC2)C=C[N+]1([O-])c1ccc(F)cc1. The van der Waals surface area contributed by atoms with E-state index in [1.54, 1.807) is 18.3 Å². The summed E-state index contributed by atoms with van der Waals surface area (Å²) in [6, 6.07) is 5.79. The molecule has 1 aromatic carbocycles. The van der Waals surface area contributed by atoms with Crippen molar-refractivity contribution < 1.29 is 9.13 Å². The lowest BCUT2D eigenvalue weighted by Crippen LogP contribution is -2.71. The highest BCUT2D eigenvalue weighted by atomic mass is 19.1. The minimum absolute atomic E-state index is 0.326. The topological polar surface area (TPSA) is 35.5 Å². The lowest BCUT2D eigenvalue weighted by molar-refractivity contribution is -0.0473. The normalized spacial score (nSPS) is 35.1. The monoisotopic (exact) mass is 264 g/mol. The number of nitrogens with zero attached hydrogens (tertiary/aromatic N) is 2. The van der Waals surface area contributed by atoms with Gasteiger partial charge in [-0.3, -0.25) is 4.65 Å². The molecule has 102 valence electrons.